The van der Waals surface area contributed by atoms with Crippen LogP contribution in [-0.4, -0.2) is 17.2 Å². The highest BCUT2D eigenvalue weighted by molar-refractivity contribution is 5.85. The van der Waals surface area contributed by atoms with E-state index in [-0.39, 0.29) is 6.61 Å². The van der Waals surface area contributed by atoms with Gasteiger partial charge in [0.05, 0.1) is 5.92 Å². The van der Waals surface area contributed by atoms with Crippen LogP contribution in [0.15, 0.2) is 54.6 Å². The topological polar surface area (TPSA) is 75.6 Å². The number of carboxylic acid groups (broad SMARTS) is 1. The second-order valence-corrected chi connectivity index (χ2v) is 4.87. The Morgan fingerprint density at radius 2 is 1.86 bits per heavy atom. The standard InChI is InChI=1S/C17H17NO4/c1-12(16(19)20)14-8-5-9-15(10-14)18-17(21)22-11-13-6-3-2-4-7-13/h2-10,12H,11H2,1H3,(H,18,21)(H,19,20)/t12-/m1/s1. The summed E-state index contributed by atoms with van der Waals surface area (Å²) >= 11 is 0. The molecule has 22 heavy (non-hydrogen) atoms. The third kappa shape index (κ3) is 4.34. The van der Waals surface area contributed by atoms with E-state index in [9.17, 15) is 9.59 Å². The summed E-state index contributed by atoms with van der Waals surface area (Å²) in [4.78, 5) is 22.7. The van der Waals surface area contributed by atoms with E-state index in [0.29, 0.717) is 11.3 Å². The van der Waals surface area contributed by atoms with E-state index in [4.69, 9.17) is 9.84 Å². The highest BCUT2D eigenvalue weighted by Crippen LogP contribution is 2.19. The van der Waals surface area contributed by atoms with Crippen molar-refractivity contribution in [2.24, 2.45) is 0 Å². The zero-order chi connectivity index (χ0) is 15.9. The average molecular weight is 299 g/mol. The molecule has 0 aliphatic heterocycles. The van der Waals surface area contributed by atoms with Gasteiger partial charge in [0.2, 0.25) is 0 Å². The van der Waals surface area contributed by atoms with Crippen LogP contribution in [0.25, 0.3) is 0 Å². The number of carboxylic acids is 1. The van der Waals surface area contributed by atoms with E-state index in [1.54, 1.807) is 31.2 Å². The molecular formula is C17H17NO4. The van der Waals surface area contributed by atoms with Crippen molar-refractivity contribution < 1.29 is 19.4 Å². The Hall–Kier alpha value is -2.82. The molecule has 5 nitrogen and oxygen atoms in total. The molecule has 1 atom stereocenters. The number of amides is 1. The number of carbonyl (C=O) groups excluding carboxylic acids is 1. The first-order chi connectivity index (χ1) is 10.6. The van der Waals surface area contributed by atoms with Crippen LogP contribution in [0.4, 0.5) is 10.5 Å². The lowest BCUT2D eigenvalue weighted by Crippen LogP contribution is -2.14. The van der Waals surface area contributed by atoms with Gasteiger partial charge in [-0.3, -0.25) is 10.1 Å². The van der Waals surface area contributed by atoms with Crippen molar-refractivity contribution in [1.29, 1.82) is 0 Å². The summed E-state index contributed by atoms with van der Waals surface area (Å²) < 4.78 is 5.11. The van der Waals surface area contributed by atoms with Crippen LogP contribution >= 0.6 is 0 Å². The van der Waals surface area contributed by atoms with Crippen LogP contribution in [0, 0.1) is 0 Å². The van der Waals surface area contributed by atoms with Gasteiger partial charge in [-0.05, 0) is 30.2 Å². The van der Waals surface area contributed by atoms with Crippen molar-refractivity contribution in [2.45, 2.75) is 19.4 Å². The third-order valence-corrected chi connectivity index (χ3v) is 3.22. The fourth-order valence-corrected chi connectivity index (χ4v) is 1.91. The number of hydrogen-bond acceptors (Lipinski definition) is 3. The quantitative estimate of drug-likeness (QED) is 0.884. The molecule has 2 N–H and O–H groups in total. The maximum atomic E-state index is 11.8. The molecule has 2 rings (SSSR count). The largest absolute Gasteiger partial charge is 0.481 e. The SMILES string of the molecule is C[C@@H](C(=O)O)c1cccc(NC(=O)OCc2ccccc2)c1. The van der Waals surface area contributed by atoms with Crippen molar-refractivity contribution in [3.8, 4) is 0 Å². The first-order valence-electron chi connectivity index (χ1n) is 6.86. The Labute approximate surface area is 128 Å². The zero-order valence-electron chi connectivity index (χ0n) is 12.2. The molecule has 0 fully saturated rings. The normalized spacial score (nSPS) is 11.5. The number of ether oxygens (including phenoxy) is 1. The lowest BCUT2D eigenvalue weighted by Gasteiger charge is -2.10. The Morgan fingerprint density at radius 3 is 2.55 bits per heavy atom. The average Bonchev–Trinajstić information content (AvgIpc) is 2.53. The molecule has 0 spiro atoms. The highest BCUT2D eigenvalue weighted by atomic mass is 16.5. The number of anilines is 1. The minimum atomic E-state index is -0.913. The Kier molecular flexibility index (Phi) is 5.14. The van der Waals surface area contributed by atoms with Gasteiger partial charge in [0.1, 0.15) is 6.61 Å². The smallest absolute Gasteiger partial charge is 0.411 e. The maximum absolute atomic E-state index is 11.8. The number of carbonyl (C=O) groups is 2. The molecule has 0 bridgehead atoms. The molecule has 114 valence electrons. The minimum Gasteiger partial charge on any atom is -0.481 e. The second kappa shape index (κ2) is 7.26. The lowest BCUT2D eigenvalue weighted by atomic mass is 10.0. The van der Waals surface area contributed by atoms with Crippen LogP contribution in [0.2, 0.25) is 0 Å². The van der Waals surface area contributed by atoms with Crippen LogP contribution in [0.5, 0.6) is 0 Å². The fourth-order valence-electron chi connectivity index (χ4n) is 1.91. The van der Waals surface area contributed by atoms with Crippen LogP contribution in [-0.2, 0) is 16.1 Å². The summed E-state index contributed by atoms with van der Waals surface area (Å²) in [5.41, 5.74) is 2.02. The minimum absolute atomic E-state index is 0.178. The van der Waals surface area contributed by atoms with E-state index in [1.807, 2.05) is 30.3 Å². The van der Waals surface area contributed by atoms with Crippen molar-refractivity contribution in [2.75, 3.05) is 5.32 Å². The summed E-state index contributed by atoms with van der Waals surface area (Å²) in [5.74, 6) is -1.55. The van der Waals surface area contributed by atoms with Gasteiger partial charge < -0.3 is 9.84 Å². The predicted molar refractivity (Wildman–Crippen MR) is 82.7 cm³/mol. The summed E-state index contributed by atoms with van der Waals surface area (Å²) in [6.45, 7) is 1.77. The summed E-state index contributed by atoms with van der Waals surface area (Å²) in [6.07, 6.45) is -0.580. The fraction of sp³-hybridized carbons (Fsp3) is 0.176. The lowest BCUT2D eigenvalue weighted by molar-refractivity contribution is -0.138. The van der Waals surface area contributed by atoms with Gasteiger partial charge >= 0.3 is 12.1 Å². The first kappa shape index (κ1) is 15.6. The number of aliphatic carboxylic acids is 1. The molecule has 0 unspecified atom stereocenters. The zero-order valence-corrected chi connectivity index (χ0v) is 12.2. The van der Waals surface area contributed by atoms with Crippen molar-refractivity contribution in [1.82, 2.24) is 0 Å². The van der Waals surface area contributed by atoms with Crippen LogP contribution in [0.1, 0.15) is 24.0 Å². The van der Waals surface area contributed by atoms with Crippen molar-refractivity contribution >= 4 is 17.7 Å². The van der Waals surface area contributed by atoms with Crippen molar-refractivity contribution in [3.05, 3.63) is 65.7 Å². The second-order valence-electron chi connectivity index (χ2n) is 4.87. The van der Waals surface area contributed by atoms with Gasteiger partial charge in [-0.2, -0.15) is 0 Å². The first-order valence-corrected chi connectivity index (χ1v) is 6.86. The number of nitrogens with one attached hydrogen (secondary N) is 1. The van der Waals surface area contributed by atoms with E-state index in [1.165, 1.54) is 0 Å². The molecule has 0 aliphatic carbocycles. The van der Waals surface area contributed by atoms with Gasteiger partial charge in [0.25, 0.3) is 0 Å². The molecule has 0 aromatic heterocycles. The molecule has 0 aliphatic rings. The van der Waals surface area contributed by atoms with Crippen LogP contribution in [0.3, 0.4) is 0 Å². The molecule has 2 aromatic rings. The van der Waals surface area contributed by atoms with Crippen molar-refractivity contribution in [3.63, 3.8) is 0 Å². The van der Waals surface area contributed by atoms with Gasteiger partial charge in [-0.25, -0.2) is 4.79 Å². The van der Waals surface area contributed by atoms with E-state index < -0.39 is 18.0 Å². The van der Waals surface area contributed by atoms with E-state index in [2.05, 4.69) is 5.32 Å². The molecule has 5 heteroatoms. The molecule has 0 saturated carbocycles. The summed E-state index contributed by atoms with van der Waals surface area (Å²) in [5, 5.41) is 11.6. The highest BCUT2D eigenvalue weighted by Gasteiger charge is 2.14. The molecule has 2 aromatic carbocycles. The Balaban J connectivity index is 1.94. The number of hydrogen-bond donors (Lipinski definition) is 2. The van der Waals surface area contributed by atoms with Gasteiger partial charge in [-0.1, -0.05) is 42.5 Å². The number of rotatable bonds is 5. The van der Waals surface area contributed by atoms with Gasteiger partial charge in [0.15, 0.2) is 0 Å². The van der Waals surface area contributed by atoms with E-state index >= 15 is 0 Å². The van der Waals surface area contributed by atoms with Crippen LogP contribution < -0.4 is 5.32 Å². The monoisotopic (exact) mass is 299 g/mol. The Morgan fingerprint density at radius 1 is 1.14 bits per heavy atom. The molecule has 0 heterocycles. The summed E-state index contributed by atoms with van der Waals surface area (Å²) in [7, 11) is 0. The molecule has 0 saturated heterocycles. The van der Waals surface area contributed by atoms with Gasteiger partial charge in [0, 0.05) is 5.69 Å². The number of benzene rings is 2. The Bertz CT molecular complexity index is 655. The molecular weight excluding hydrogens is 282 g/mol. The third-order valence-electron chi connectivity index (χ3n) is 3.22. The molecule has 1 amide bonds. The van der Waals surface area contributed by atoms with Gasteiger partial charge in [-0.15, -0.1) is 0 Å². The predicted octanol–water partition coefficient (Wildman–Crippen LogP) is 3.62. The van der Waals surface area contributed by atoms with E-state index in [0.717, 1.165) is 5.56 Å². The summed E-state index contributed by atoms with van der Waals surface area (Å²) in [6, 6.07) is 16.1. The maximum Gasteiger partial charge on any atom is 0.411 e. The molecule has 0 radical (unpaired) electrons.